The third-order valence-electron chi connectivity index (χ3n) is 4.05. The SMILES string of the molecule is COc1ccnc2ccc(C=C3SC(=Nc4c(Cl)cccc4Cl)NC3=O)cc12. The van der Waals surface area contributed by atoms with E-state index in [1.54, 1.807) is 43.6 Å². The molecule has 0 atom stereocenters. The molecule has 0 radical (unpaired) electrons. The van der Waals surface area contributed by atoms with E-state index in [0.29, 0.717) is 25.8 Å². The number of nitrogens with zero attached hydrogens (tertiary/aromatic N) is 2. The summed E-state index contributed by atoms with van der Waals surface area (Å²) in [5.41, 5.74) is 2.10. The van der Waals surface area contributed by atoms with Crippen LogP contribution in [-0.2, 0) is 4.79 Å². The number of halogens is 2. The third kappa shape index (κ3) is 3.71. The van der Waals surface area contributed by atoms with Gasteiger partial charge in [0.1, 0.15) is 11.4 Å². The fourth-order valence-corrected chi connectivity index (χ4v) is 4.05. The van der Waals surface area contributed by atoms with Gasteiger partial charge in [0, 0.05) is 11.6 Å². The monoisotopic (exact) mass is 429 g/mol. The maximum atomic E-state index is 12.4. The number of carbonyl (C=O) groups excluding carboxylic acids is 1. The Bertz CT molecular complexity index is 1140. The molecule has 0 spiro atoms. The Kier molecular flexibility index (Phi) is 5.26. The second-order valence-corrected chi connectivity index (χ2v) is 7.69. The van der Waals surface area contributed by atoms with E-state index >= 15 is 0 Å². The van der Waals surface area contributed by atoms with Crippen molar-refractivity contribution in [1.29, 1.82) is 0 Å². The Hall–Kier alpha value is -2.54. The number of fused-ring (bicyclic) bond motifs is 1. The summed E-state index contributed by atoms with van der Waals surface area (Å²) in [5.74, 6) is 0.495. The molecular formula is C20H13Cl2N3O2S. The van der Waals surface area contributed by atoms with Gasteiger partial charge >= 0.3 is 0 Å². The highest BCUT2D eigenvalue weighted by Crippen LogP contribution is 2.36. The zero-order valence-electron chi connectivity index (χ0n) is 14.6. The molecule has 2 heterocycles. The van der Waals surface area contributed by atoms with Crippen molar-refractivity contribution < 1.29 is 9.53 Å². The number of carbonyl (C=O) groups is 1. The van der Waals surface area contributed by atoms with E-state index in [2.05, 4.69) is 15.3 Å². The molecule has 2 aromatic carbocycles. The van der Waals surface area contributed by atoms with Crippen molar-refractivity contribution in [2.75, 3.05) is 7.11 Å². The molecule has 28 heavy (non-hydrogen) atoms. The summed E-state index contributed by atoms with van der Waals surface area (Å²) in [4.78, 5) is 21.6. The summed E-state index contributed by atoms with van der Waals surface area (Å²) in [6, 6.07) is 12.7. The molecule has 1 amide bonds. The largest absolute Gasteiger partial charge is 0.496 e. The molecule has 1 fully saturated rings. The van der Waals surface area contributed by atoms with Crippen LogP contribution < -0.4 is 10.1 Å². The number of aromatic nitrogens is 1. The minimum Gasteiger partial charge on any atom is -0.496 e. The van der Waals surface area contributed by atoms with Gasteiger partial charge in [-0.1, -0.05) is 35.3 Å². The number of amidine groups is 1. The van der Waals surface area contributed by atoms with Crippen LogP contribution in [0, 0.1) is 0 Å². The zero-order chi connectivity index (χ0) is 19.7. The predicted octanol–water partition coefficient (Wildman–Crippen LogP) is 5.44. The molecule has 1 aliphatic rings. The molecule has 5 nitrogen and oxygen atoms in total. The maximum absolute atomic E-state index is 12.4. The van der Waals surface area contributed by atoms with E-state index in [-0.39, 0.29) is 5.91 Å². The smallest absolute Gasteiger partial charge is 0.264 e. The zero-order valence-corrected chi connectivity index (χ0v) is 16.9. The number of ether oxygens (including phenoxy) is 1. The fourth-order valence-electron chi connectivity index (χ4n) is 2.74. The first-order valence-corrected chi connectivity index (χ1v) is 9.79. The van der Waals surface area contributed by atoms with Crippen LogP contribution in [0.4, 0.5) is 5.69 Å². The van der Waals surface area contributed by atoms with Crippen LogP contribution in [0.2, 0.25) is 10.0 Å². The van der Waals surface area contributed by atoms with Gasteiger partial charge in [-0.05, 0) is 53.7 Å². The lowest BCUT2D eigenvalue weighted by molar-refractivity contribution is -0.115. The fraction of sp³-hybridized carbons (Fsp3) is 0.0500. The van der Waals surface area contributed by atoms with Gasteiger partial charge in [0.25, 0.3) is 5.91 Å². The van der Waals surface area contributed by atoms with Crippen molar-refractivity contribution in [3.8, 4) is 5.75 Å². The number of pyridine rings is 1. The second kappa shape index (κ2) is 7.83. The molecule has 1 N–H and O–H groups in total. The maximum Gasteiger partial charge on any atom is 0.264 e. The topological polar surface area (TPSA) is 63.6 Å². The quantitative estimate of drug-likeness (QED) is 0.562. The summed E-state index contributed by atoms with van der Waals surface area (Å²) < 4.78 is 5.39. The number of rotatable bonds is 3. The van der Waals surface area contributed by atoms with Crippen molar-refractivity contribution >= 4 is 68.7 Å². The number of thioether (sulfide) groups is 1. The summed E-state index contributed by atoms with van der Waals surface area (Å²) >= 11 is 13.5. The highest BCUT2D eigenvalue weighted by molar-refractivity contribution is 8.18. The molecule has 0 bridgehead atoms. The Balaban J connectivity index is 1.67. The van der Waals surface area contributed by atoms with Gasteiger partial charge in [0.05, 0.1) is 27.6 Å². The molecule has 140 valence electrons. The van der Waals surface area contributed by atoms with Gasteiger partial charge in [0.15, 0.2) is 5.17 Å². The minimum absolute atomic E-state index is 0.231. The summed E-state index contributed by atoms with van der Waals surface area (Å²) in [6.07, 6.45) is 3.49. The number of para-hydroxylation sites is 1. The number of amides is 1. The average Bonchev–Trinajstić information content (AvgIpc) is 3.03. The lowest BCUT2D eigenvalue weighted by Crippen LogP contribution is -2.19. The van der Waals surface area contributed by atoms with Crippen LogP contribution in [0.3, 0.4) is 0 Å². The Labute approximate surface area is 175 Å². The number of aliphatic imine (C=N–C) groups is 1. The van der Waals surface area contributed by atoms with E-state index in [4.69, 9.17) is 27.9 Å². The van der Waals surface area contributed by atoms with Gasteiger partial charge < -0.3 is 10.1 Å². The standard InChI is InChI=1S/C20H13Cl2N3O2S/c1-27-16-7-8-23-15-6-5-11(9-12(15)16)10-17-19(26)25-20(28-17)24-18-13(21)3-2-4-14(18)22/h2-10H,1H3,(H,24,25,26). The van der Waals surface area contributed by atoms with Gasteiger partial charge in [-0.25, -0.2) is 4.99 Å². The number of hydrogen-bond acceptors (Lipinski definition) is 5. The van der Waals surface area contributed by atoms with Gasteiger partial charge in [-0.15, -0.1) is 0 Å². The Morgan fingerprint density at radius 1 is 1.18 bits per heavy atom. The highest BCUT2D eigenvalue weighted by atomic mass is 35.5. The molecule has 8 heteroatoms. The van der Waals surface area contributed by atoms with E-state index < -0.39 is 0 Å². The number of methoxy groups -OCH3 is 1. The first-order chi connectivity index (χ1) is 13.5. The van der Waals surface area contributed by atoms with Crippen LogP contribution >= 0.6 is 35.0 Å². The minimum atomic E-state index is -0.231. The number of benzene rings is 2. The molecule has 1 saturated heterocycles. The first-order valence-electron chi connectivity index (χ1n) is 8.21. The normalized spacial score (nSPS) is 16.8. The molecule has 4 rings (SSSR count). The molecule has 0 saturated carbocycles. The molecule has 1 aromatic heterocycles. The lowest BCUT2D eigenvalue weighted by Gasteiger charge is -2.05. The summed E-state index contributed by atoms with van der Waals surface area (Å²) in [7, 11) is 1.61. The van der Waals surface area contributed by atoms with Crippen molar-refractivity contribution in [2.24, 2.45) is 4.99 Å². The Morgan fingerprint density at radius 3 is 2.71 bits per heavy atom. The van der Waals surface area contributed by atoms with Crippen molar-refractivity contribution in [3.63, 3.8) is 0 Å². The van der Waals surface area contributed by atoms with Crippen molar-refractivity contribution in [2.45, 2.75) is 0 Å². The third-order valence-corrected chi connectivity index (χ3v) is 5.56. The Morgan fingerprint density at radius 2 is 1.96 bits per heavy atom. The molecule has 0 aliphatic carbocycles. The van der Waals surface area contributed by atoms with Crippen molar-refractivity contribution in [3.05, 3.63) is 69.2 Å². The van der Waals surface area contributed by atoms with E-state index in [1.165, 1.54) is 11.8 Å². The summed E-state index contributed by atoms with van der Waals surface area (Å²) in [5, 5.41) is 4.87. The van der Waals surface area contributed by atoms with Crippen LogP contribution in [0.25, 0.3) is 17.0 Å². The number of nitrogens with one attached hydrogen (secondary N) is 1. The molecule has 3 aromatic rings. The van der Waals surface area contributed by atoms with Crippen LogP contribution in [-0.4, -0.2) is 23.2 Å². The van der Waals surface area contributed by atoms with Crippen LogP contribution in [0.5, 0.6) is 5.75 Å². The van der Waals surface area contributed by atoms with Gasteiger partial charge in [-0.2, -0.15) is 0 Å². The predicted molar refractivity (Wildman–Crippen MR) is 116 cm³/mol. The number of hydrogen-bond donors (Lipinski definition) is 1. The molecule has 1 aliphatic heterocycles. The van der Waals surface area contributed by atoms with Gasteiger partial charge in [0.2, 0.25) is 0 Å². The second-order valence-electron chi connectivity index (χ2n) is 5.84. The summed E-state index contributed by atoms with van der Waals surface area (Å²) in [6.45, 7) is 0. The molecular weight excluding hydrogens is 417 g/mol. The molecule has 0 unspecified atom stereocenters. The van der Waals surface area contributed by atoms with Crippen LogP contribution in [0.1, 0.15) is 5.56 Å². The van der Waals surface area contributed by atoms with Crippen LogP contribution in [0.15, 0.2) is 58.6 Å². The highest BCUT2D eigenvalue weighted by Gasteiger charge is 2.24. The van der Waals surface area contributed by atoms with Gasteiger partial charge in [-0.3, -0.25) is 9.78 Å². The lowest BCUT2D eigenvalue weighted by atomic mass is 10.1. The van der Waals surface area contributed by atoms with Crippen molar-refractivity contribution in [1.82, 2.24) is 10.3 Å². The van der Waals surface area contributed by atoms with E-state index in [9.17, 15) is 4.79 Å². The van der Waals surface area contributed by atoms with E-state index in [1.807, 2.05) is 18.2 Å². The van der Waals surface area contributed by atoms with E-state index in [0.717, 1.165) is 22.2 Å². The average molecular weight is 430 g/mol. The first kappa shape index (κ1) is 18.8.